The lowest BCUT2D eigenvalue weighted by Gasteiger charge is -1.87. The maximum Gasteiger partial charge on any atom is 0.0345 e. The molecular weight excluding hydrogens is 212 g/mol. The summed E-state index contributed by atoms with van der Waals surface area (Å²) in [6.07, 6.45) is 14.4. The molecule has 0 aliphatic heterocycles. The van der Waals surface area contributed by atoms with Crippen molar-refractivity contribution >= 4 is 30.1 Å². The highest BCUT2D eigenvalue weighted by Gasteiger charge is 1.99. The molecule has 0 aliphatic rings. The van der Waals surface area contributed by atoms with E-state index >= 15 is 0 Å². The van der Waals surface area contributed by atoms with E-state index in [2.05, 4.69) is 37.8 Å². The van der Waals surface area contributed by atoms with E-state index in [1.54, 1.807) is 11.3 Å². The molecule has 0 aliphatic carbocycles. The van der Waals surface area contributed by atoms with Crippen LogP contribution in [0.4, 0.5) is 0 Å². The van der Waals surface area contributed by atoms with Crippen LogP contribution in [0.5, 0.6) is 0 Å². The minimum Gasteiger partial charge on any atom is -0.140 e. The van der Waals surface area contributed by atoms with Crippen LogP contribution in [0.15, 0.2) is 30.4 Å². The van der Waals surface area contributed by atoms with Crippen LogP contribution in [-0.4, -0.2) is 0 Å². The molecule has 0 spiro atoms. The Balaban J connectivity index is 3.23. The maximum absolute atomic E-state index is 4.14. The second-order valence-electron chi connectivity index (χ2n) is 3.49. The second kappa shape index (κ2) is 6.29. The van der Waals surface area contributed by atoms with Gasteiger partial charge in [-0.2, -0.15) is 0 Å². The van der Waals surface area contributed by atoms with Crippen molar-refractivity contribution in [1.29, 1.82) is 0 Å². The molecule has 1 rings (SSSR count). The molecule has 0 bridgehead atoms. The van der Waals surface area contributed by atoms with Gasteiger partial charge in [0.25, 0.3) is 0 Å². The minimum atomic E-state index is 1.13. The third kappa shape index (κ3) is 3.07. The third-order valence-electron chi connectivity index (χ3n) is 2.27. The molecule has 84 valence electrons. The Labute approximate surface area is 102 Å². The topological polar surface area (TPSA) is 0 Å². The van der Waals surface area contributed by atoms with Crippen LogP contribution in [0, 0.1) is 6.92 Å². The molecule has 0 unspecified atom stereocenters. The SMILES string of the molecule is C=c1c(/C=C\C=C\C)c(C)s/c1=C/C=C\C. The van der Waals surface area contributed by atoms with Gasteiger partial charge in [0.15, 0.2) is 0 Å². The van der Waals surface area contributed by atoms with Gasteiger partial charge in [-0.15, -0.1) is 11.3 Å². The second-order valence-corrected chi connectivity index (χ2v) is 4.75. The monoisotopic (exact) mass is 230 g/mol. The normalized spacial score (nSPS) is 13.8. The van der Waals surface area contributed by atoms with Crippen LogP contribution in [0.2, 0.25) is 0 Å². The van der Waals surface area contributed by atoms with Crippen molar-refractivity contribution in [2.24, 2.45) is 0 Å². The predicted molar refractivity (Wildman–Crippen MR) is 77.0 cm³/mol. The molecule has 0 N–H and O–H groups in total. The minimum absolute atomic E-state index is 1.13. The largest absolute Gasteiger partial charge is 0.140 e. The quantitative estimate of drug-likeness (QED) is 0.698. The molecule has 0 fully saturated rings. The number of hydrogen-bond acceptors (Lipinski definition) is 1. The van der Waals surface area contributed by atoms with Crippen LogP contribution < -0.4 is 9.75 Å². The summed E-state index contributed by atoms with van der Waals surface area (Å²) in [6, 6.07) is 0. The summed E-state index contributed by atoms with van der Waals surface area (Å²) >= 11 is 1.79. The highest BCUT2D eigenvalue weighted by molar-refractivity contribution is 7.10. The van der Waals surface area contributed by atoms with Crippen molar-refractivity contribution in [3.63, 3.8) is 0 Å². The first-order chi connectivity index (χ1) is 7.70. The number of allylic oxidation sites excluding steroid dienone is 5. The van der Waals surface area contributed by atoms with Crippen molar-refractivity contribution in [3.8, 4) is 0 Å². The molecule has 0 amide bonds. The van der Waals surface area contributed by atoms with Crippen LogP contribution in [0.1, 0.15) is 24.3 Å². The molecule has 1 heteroatoms. The van der Waals surface area contributed by atoms with Gasteiger partial charge in [-0.3, -0.25) is 0 Å². The van der Waals surface area contributed by atoms with Gasteiger partial charge >= 0.3 is 0 Å². The highest BCUT2D eigenvalue weighted by atomic mass is 32.1. The zero-order chi connectivity index (χ0) is 12.0. The lowest BCUT2D eigenvalue weighted by molar-refractivity contribution is 1.55. The van der Waals surface area contributed by atoms with E-state index in [9.17, 15) is 0 Å². The fourth-order valence-electron chi connectivity index (χ4n) is 1.43. The van der Waals surface area contributed by atoms with Crippen LogP contribution in [0.25, 0.3) is 18.7 Å². The molecule has 1 heterocycles. The fourth-order valence-corrected chi connectivity index (χ4v) is 2.44. The summed E-state index contributed by atoms with van der Waals surface area (Å²) in [6.45, 7) is 10.3. The Kier molecular flexibility index (Phi) is 5.00. The van der Waals surface area contributed by atoms with E-state index in [0.717, 1.165) is 5.22 Å². The summed E-state index contributed by atoms with van der Waals surface area (Å²) < 4.78 is 1.25. The molecule has 0 radical (unpaired) electrons. The number of aryl methyl sites for hydroxylation is 1. The average Bonchev–Trinajstić information content (AvgIpc) is 2.54. The summed E-state index contributed by atoms with van der Waals surface area (Å²) in [5, 5.41) is 1.13. The Morgan fingerprint density at radius 1 is 1.06 bits per heavy atom. The highest BCUT2D eigenvalue weighted by Crippen LogP contribution is 2.07. The number of hydrogen-bond donors (Lipinski definition) is 0. The molecule has 0 saturated heterocycles. The van der Waals surface area contributed by atoms with Crippen molar-refractivity contribution in [2.45, 2.75) is 20.8 Å². The molecule has 1 aromatic heterocycles. The van der Waals surface area contributed by atoms with Gasteiger partial charge in [0, 0.05) is 9.41 Å². The van der Waals surface area contributed by atoms with Crippen LogP contribution in [-0.2, 0) is 0 Å². The molecule has 0 nitrogen and oxygen atoms in total. The summed E-state index contributed by atoms with van der Waals surface area (Å²) in [5.41, 5.74) is 1.25. The van der Waals surface area contributed by atoms with Gasteiger partial charge in [-0.1, -0.05) is 43.0 Å². The van der Waals surface area contributed by atoms with E-state index in [1.807, 2.05) is 32.1 Å². The Hall–Kier alpha value is -1.34. The smallest absolute Gasteiger partial charge is 0.0345 e. The molecule has 16 heavy (non-hydrogen) atoms. The maximum atomic E-state index is 4.14. The summed E-state index contributed by atoms with van der Waals surface area (Å²) in [5.74, 6) is 0. The fraction of sp³-hybridized carbons (Fsp3) is 0.200. The zero-order valence-corrected chi connectivity index (χ0v) is 11.0. The van der Waals surface area contributed by atoms with E-state index < -0.39 is 0 Å². The zero-order valence-electron chi connectivity index (χ0n) is 10.2. The molecule has 1 aromatic rings. The predicted octanol–water partition coefficient (Wildman–Crippen LogP) is 3.41. The van der Waals surface area contributed by atoms with E-state index in [1.165, 1.54) is 15.0 Å². The van der Waals surface area contributed by atoms with Crippen LogP contribution in [0.3, 0.4) is 0 Å². The van der Waals surface area contributed by atoms with Gasteiger partial charge in [0.05, 0.1) is 0 Å². The van der Waals surface area contributed by atoms with E-state index in [4.69, 9.17) is 0 Å². The molecular formula is C15H18S. The van der Waals surface area contributed by atoms with Gasteiger partial charge < -0.3 is 0 Å². The lowest BCUT2D eigenvalue weighted by Crippen LogP contribution is -2.17. The standard InChI is InChI=1S/C15H18S/c1-5-7-9-10-14-12(3)15(11-8-6-2)16-13(14)4/h5-11H,3H2,1-2,4H3/b7-5+,8-6-,10-9-,15-11+. The lowest BCUT2D eigenvalue weighted by atomic mass is 10.2. The summed E-state index contributed by atoms with van der Waals surface area (Å²) in [4.78, 5) is 1.32. The summed E-state index contributed by atoms with van der Waals surface area (Å²) in [7, 11) is 0. The Morgan fingerprint density at radius 2 is 1.75 bits per heavy atom. The van der Waals surface area contributed by atoms with Crippen molar-refractivity contribution in [2.75, 3.05) is 0 Å². The van der Waals surface area contributed by atoms with E-state index in [-0.39, 0.29) is 0 Å². The Bertz CT molecular complexity index is 525. The first-order valence-corrected chi connectivity index (χ1v) is 6.23. The molecule has 0 atom stereocenters. The van der Waals surface area contributed by atoms with Gasteiger partial charge in [0.2, 0.25) is 0 Å². The first-order valence-electron chi connectivity index (χ1n) is 5.41. The third-order valence-corrected chi connectivity index (χ3v) is 3.40. The van der Waals surface area contributed by atoms with Gasteiger partial charge in [-0.25, -0.2) is 0 Å². The van der Waals surface area contributed by atoms with Crippen molar-refractivity contribution in [1.82, 2.24) is 0 Å². The first kappa shape index (κ1) is 12.7. The molecule has 0 aromatic carbocycles. The van der Waals surface area contributed by atoms with Crippen LogP contribution >= 0.6 is 11.3 Å². The number of rotatable bonds is 3. The van der Waals surface area contributed by atoms with E-state index in [0.29, 0.717) is 0 Å². The van der Waals surface area contributed by atoms with Crippen molar-refractivity contribution < 1.29 is 0 Å². The van der Waals surface area contributed by atoms with Gasteiger partial charge in [0.1, 0.15) is 0 Å². The molecule has 0 saturated carbocycles. The number of thiophene rings is 1. The average molecular weight is 230 g/mol. The Morgan fingerprint density at radius 3 is 2.38 bits per heavy atom. The van der Waals surface area contributed by atoms with Crippen molar-refractivity contribution in [3.05, 3.63) is 50.6 Å². The van der Waals surface area contributed by atoms with Gasteiger partial charge in [-0.05, 0) is 37.6 Å².